The number of aliphatic carboxylic acids is 1. The minimum absolute atomic E-state index is 0.0886. The number of thiophene rings is 1. The van der Waals surface area contributed by atoms with E-state index in [1.165, 1.54) is 0 Å². The third-order valence-corrected chi connectivity index (χ3v) is 6.08. The second-order valence-electron chi connectivity index (χ2n) is 5.64. The highest BCUT2D eigenvalue weighted by atomic mass is 79.9. The lowest BCUT2D eigenvalue weighted by Gasteiger charge is -2.27. The van der Waals surface area contributed by atoms with Crippen LogP contribution in [0.1, 0.15) is 49.8 Å². The first-order valence-electron chi connectivity index (χ1n) is 7.25. The summed E-state index contributed by atoms with van der Waals surface area (Å²) in [6.45, 7) is 0.451. The number of hydrogen-bond donors (Lipinski definition) is 2. The van der Waals surface area contributed by atoms with Gasteiger partial charge in [0.2, 0.25) is 5.91 Å². The molecule has 0 aliphatic heterocycles. The van der Waals surface area contributed by atoms with Gasteiger partial charge in [-0.1, -0.05) is 25.7 Å². The lowest BCUT2D eigenvalue weighted by atomic mass is 9.77. The normalized spacial score (nSPS) is 18.0. The third-order valence-electron chi connectivity index (χ3n) is 4.15. The van der Waals surface area contributed by atoms with Crippen LogP contribution in [0.5, 0.6) is 0 Å². The topological polar surface area (TPSA) is 66.4 Å². The first-order chi connectivity index (χ1) is 10.0. The lowest BCUT2D eigenvalue weighted by molar-refractivity contribution is -0.152. The molecule has 0 spiro atoms. The number of nitrogens with one attached hydrogen (secondary N) is 1. The van der Waals surface area contributed by atoms with Crippen LogP contribution in [-0.4, -0.2) is 17.0 Å². The summed E-state index contributed by atoms with van der Waals surface area (Å²) >= 11 is 4.99. The average molecular weight is 374 g/mol. The third kappa shape index (κ3) is 4.30. The van der Waals surface area contributed by atoms with E-state index in [1.54, 1.807) is 11.3 Å². The number of hydrogen-bond acceptors (Lipinski definition) is 3. The summed E-state index contributed by atoms with van der Waals surface area (Å²) < 4.78 is 0.982. The Bertz CT molecular complexity index is 507. The molecule has 1 amide bonds. The summed E-state index contributed by atoms with van der Waals surface area (Å²) in [5, 5.41) is 14.4. The van der Waals surface area contributed by atoms with E-state index in [2.05, 4.69) is 21.2 Å². The van der Waals surface area contributed by atoms with Gasteiger partial charge in [-0.05, 0) is 40.2 Å². The van der Waals surface area contributed by atoms with E-state index in [0.29, 0.717) is 19.4 Å². The Kier molecular flexibility index (Phi) is 5.81. The Morgan fingerprint density at radius 1 is 1.29 bits per heavy atom. The average Bonchev–Trinajstić information content (AvgIpc) is 2.70. The van der Waals surface area contributed by atoms with Crippen LogP contribution in [-0.2, 0) is 16.1 Å². The SMILES string of the molecule is O=C(CC1(C(=O)O)CCCCCC1)NCc1sccc1Br. The summed E-state index contributed by atoms with van der Waals surface area (Å²) in [7, 11) is 0. The second kappa shape index (κ2) is 7.40. The molecule has 1 heterocycles. The van der Waals surface area contributed by atoms with E-state index in [0.717, 1.165) is 35.0 Å². The van der Waals surface area contributed by atoms with Crippen molar-refractivity contribution in [2.75, 3.05) is 0 Å². The highest BCUT2D eigenvalue weighted by Gasteiger charge is 2.40. The zero-order chi connectivity index (χ0) is 15.3. The van der Waals surface area contributed by atoms with Crippen molar-refractivity contribution in [2.45, 2.75) is 51.5 Å². The molecule has 1 aromatic rings. The maximum atomic E-state index is 12.2. The molecule has 1 aromatic heterocycles. The predicted molar refractivity (Wildman–Crippen MR) is 86.3 cm³/mol. The molecular weight excluding hydrogens is 354 g/mol. The van der Waals surface area contributed by atoms with Crippen molar-refractivity contribution < 1.29 is 14.7 Å². The lowest BCUT2D eigenvalue weighted by Crippen LogP contribution is -2.37. The summed E-state index contributed by atoms with van der Waals surface area (Å²) in [5.74, 6) is -0.989. The van der Waals surface area contributed by atoms with E-state index in [9.17, 15) is 14.7 Å². The van der Waals surface area contributed by atoms with Gasteiger partial charge < -0.3 is 10.4 Å². The molecule has 0 atom stereocenters. The minimum Gasteiger partial charge on any atom is -0.481 e. The highest BCUT2D eigenvalue weighted by molar-refractivity contribution is 9.10. The van der Waals surface area contributed by atoms with Crippen molar-refractivity contribution in [3.63, 3.8) is 0 Å². The van der Waals surface area contributed by atoms with Crippen molar-refractivity contribution in [3.8, 4) is 0 Å². The number of carboxylic acid groups (broad SMARTS) is 1. The molecule has 1 fully saturated rings. The standard InChI is InChI=1S/C15H20BrNO3S/c16-11-5-8-21-12(11)10-17-13(18)9-15(14(19)20)6-3-1-2-4-7-15/h5,8H,1-4,6-7,9-10H2,(H,17,18)(H,19,20). The maximum Gasteiger partial charge on any atom is 0.310 e. The number of rotatable bonds is 5. The molecular formula is C15H20BrNO3S. The van der Waals surface area contributed by atoms with Gasteiger partial charge in [-0.15, -0.1) is 11.3 Å². The highest BCUT2D eigenvalue weighted by Crippen LogP contribution is 2.38. The Labute approximate surface area is 137 Å². The maximum absolute atomic E-state index is 12.2. The van der Waals surface area contributed by atoms with Gasteiger partial charge in [0.15, 0.2) is 0 Å². The van der Waals surface area contributed by atoms with E-state index >= 15 is 0 Å². The molecule has 0 saturated heterocycles. The zero-order valence-electron chi connectivity index (χ0n) is 11.9. The minimum atomic E-state index is -0.868. The van der Waals surface area contributed by atoms with Gasteiger partial charge in [0, 0.05) is 15.8 Å². The number of halogens is 1. The van der Waals surface area contributed by atoms with Crippen molar-refractivity contribution >= 4 is 39.1 Å². The van der Waals surface area contributed by atoms with Crippen LogP contribution >= 0.6 is 27.3 Å². The fourth-order valence-electron chi connectivity index (χ4n) is 2.87. The zero-order valence-corrected chi connectivity index (χ0v) is 14.3. The molecule has 4 nitrogen and oxygen atoms in total. The molecule has 1 saturated carbocycles. The van der Waals surface area contributed by atoms with Crippen LogP contribution in [0.3, 0.4) is 0 Å². The van der Waals surface area contributed by atoms with Gasteiger partial charge in [0.1, 0.15) is 0 Å². The summed E-state index contributed by atoms with van der Waals surface area (Å²) in [6, 6.07) is 1.94. The van der Waals surface area contributed by atoms with E-state index in [-0.39, 0.29) is 12.3 Å². The monoisotopic (exact) mass is 373 g/mol. The molecule has 0 aromatic carbocycles. The van der Waals surface area contributed by atoms with Gasteiger partial charge >= 0.3 is 5.97 Å². The number of carbonyl (C=O) groups excluding carboxylic acids is 1. The van der Waals surface area contributed by atoms with Crippen molar-refractivity contribution in [3.05, 3.63) is 20.8 Å². The number of carbonyl (C=O) groups is 2. The molecule has 0 bridgehead atoms. The Hall–Kier alpha value is -0.880. The van der Waals surface area contributed by atoms with Crippen LogP contribution in [0.15, 0.2) is 15.9 Å². The van der Waals surface area contributed by atoms with E-state index < -0.39 is 11.4 Å². The van der Waals surface area contributed by atoms with Crippen LogP contribution in [0.4, 0.5) is 0 Å². The van der Waals surface area contributed by atoms with E-state index in [4.69, 9.17) is 0 Å². The quantitative estimate of drug-likeness (QED) is 0.768. The molecule has 1 aliphatic rings. The van der Waals surface area contributed by atoms with Crippen LogP contribution in [0, 0.1) is 5.41 Å². The first-order valence-corrected chi connectivity index (χ1v) is 8.93. The van der Waals surface area contributed by atoms with Crippen molar-refractivity contribution in [1.29, 1.82) is 0 Å². The Balaban J connectivity index is 1.95. The van der Waals surface area contributed by atoms with Gasteiger partial charge in [0.25, 0.3) is 0 Å². The molecule has 2 rings (SSSR count). The summed E-state index contributed by atoms with van der Waals surface area (Å²) in [6.07, 6.45) is 5.24. The van der Waals surface area contributed by atoms with Crippen LogP contribution in [0.2, 0.25) is 0 Å². The molecule has 116 valence electrons. The predicted octanol–water partition coefficient (Wildman–Crippen LogP) is 3.94. The summed E-state index contributed by atoms with van der Waals surface area (Å²) in [4.78, 5) is 24.9. The van der Waals surface area contributed by atoms with Crippen LogP contribution < -0.4 is 5.32 Å². The van der Waals surface area contributed by atoms with Gasteiger partial charge in [-0.3, -0.25) is 9.59 Å². The van der Waals surface area contributed by atoms with Crippen molar-refractivity contribution in [1.82, 2.24) is 5.32 Å². The van der Waals surface area contributed by atoms with Gasteiger partial charge in [0.05, 0.1) is 12.0 Å². The smallest absolute Gasteiger partial charge is 0.310 e. The molecule has 21 heavy (non-hydrogen) atoms. The Morgan fingerprint density at radius 2 is 1.95 bits per heavy atom. The second-order valence-corrected chi connectivity index (χ2v) is 7.50. The molecule has 2 N–H and O–H groups in total. The van der Waals surface area contributed by atoms with Crippen molar-refractivity contribution in [2.24, 2.45) is 5.41 Å². The molecule has 0 radical (unpaired) electrons. The fourth-order valence-corrected chi connectivity index (χ4v) is 4.30. The number of amides is 1. The van der Waals surface area contributed by atoms with E-state index in [1.807, 2.05) is 11.4 Å². The first kappa shape index (κ1) is 16.5. The summed E-state index contributed by atoms with van der Waals surface area (Å²) in [5.41, 5.74) is -0.868. The fraction of sp³-hybridized carbons (Fsp3) is 0.600. The van der Waals surface area contributed by atoms with Gasteiger partial charge in [-0.2, -0.15) is 0 Å². The molecule has 0 unspecified atom stereocenters. The Morgan fingerprint density at radius 3 is 2.48 bits per heavy atom. The van der Waals surface area contributed by atoms with Gasteiger partial charge in [-0.25, -0.2) is 0 Å². The molecule has 6 heteroatoms. The largest absolute Gasteiger partial charge is 0.481 e. The number of carboxylic acids is 1. The molecule has 1 aliphatic carbocycles. The van der Waals surface area contributed by atoms with Crippen LogP contribution in [0.25, 0.3) is 0 Å².